The second-order valence-electron chi connectivity index (χ2n) is 5.54. The predicted molar refractivity (Wildman–Crippen MR) is 87.9 cm³/mol. The molecule has 120 valence electrons. The van der Waals surface area contributed by atoms with Gasteiger partial charge in [0.05, 0.1) is 12.2 Å². The largest absolute Gasteiger partial charge is 0.477 e. The van der Waals surface area contributed by atoms with E-state index in [-0.39, 0.29) is 18.2 Å². The molecule has 2 heterocycles. The second kappa shape index (κ2) is 5.42. The average molecular weight is 322 g/mol. The zero-order valence-electron chi connectivity index (χ0n) is 12.6. The third kappa shape index (κ3) is 2.28. The molecule has 1 atom stereocenters. The third-order valence-corrected chi connectivity index (χ3v) is 3.97. The SMILES string of the molecule is NC(=O)[C@H]1CN(C(=O)c2cc3ccccc3o2)c2ccccc2O1. The van der Waals surface area contributed by atoms with Crippen LogP contribution in [-0.4, -0.2) is 24.5 Å². The predicted octanol–water partition coefficient (Wildman–Crippen LogP) is 2.33. The molecule has 3 aromatic rings. The van der Waals surface area contributed by atoms with E-state index in [1.165, 1.54) is 4.90 Å². The number of hydrogen-bond donors (Lipinski definition) is 1. The molecule has 1 aliphatic heterocycles. The quantitative estimate of drug-likeness (QED) is 0.784. The number of nitrogens with two attached hydrogens (primary N) is 1. The van der Waals surface area contributed by atoms with Crippen LogP contribution in [0.3, 0.4) is 0 Å². The molecule has 4 rings (SSSR count). The summed E-state index contributed by atoms with van der Waals surface area (Å²) in [5.41, 5.74) is 6.58. The van der Waals surface area contributed by atoms with Crippen molar-refractivity contribution in [2.75, 3.05) is 11.4 Å². The zero-order valence-corrected chi connectivity index (χ0v) is 12.6. The summed E-state index contributed by atoms with van der Waals surface area (Å²) in [6.07, 6.45) is -0.895. The number of para-hydroxylation sites is 3. The van der Waals surface area contributed by atoms with Gasteiger partial charge in [-0.2, -0.15) is 0 Å². The van der Waals surface area contributed by atoms with Gasteiger partial charge in [-0.15, -0.1) is 0 Å². The van der Waals surface area contributed by atoms with Crippen LogP contribution in [0.5, 0.6) is 5.75 Å². The lowest BCUT2D eigenvalue weighted by molar-refractivity contribution is -0.124. The summed E-state index contributed by atoms with van der Waals surface area (Å²) >= 11 is 0. The minimum atomic E-state index is -0.895. The number of anilines is 1. The number of carbonyl (C=O) groups excluding carboxylic acids is 2. The molecule has 0 unspecified atom stereocenters. The Hall–Kier alpha value is -3.28. The van der Waals surface area contributed by atoms with Crippen molar-refractivity contribution < 1.29 is 18.7 Å². The molecule has 24 heavy (non-hydrogen) atoms. The first-order chi connectivity index (χ1) is 11.6. The van der Waals surface area contributed by atoms with Gasteiger partial charge < -0.3 is 14.9 Å². The summed E-state index contributed by atoms with van der Waals surface area (Å²) < 4.78 is 11.2. The number of furan rings is 1. The van der Waals surface area contributed by atoms with Crippen molar-refractivity contribution in [3.8, 4) is 5.75 Å². The van der Waals surface area contributed by atoms with Crippen LogP contribution in [0.15, 0.2) is 59.0 Å². The number of carbonyl (C=O) groups is 2. The van der Waals surface area contributed by atoms with Crippen LogP contribution in [0, 0.1) is 0 Å². The zero-order chi connectivity index (χ0) is 16.7. The van der Waals surface area contributed by atoms with Gasteiger partial charge >= 0.3 is 0 Å². The number of benzene rings is 2. The summed E-state index contributed by atoms with van der Waals surface area (Å²) in [5, 5.41) is 0.842. The summed E-state index contributed by atoms with van der Waals surface area (Å²) in [4.78, 5) is 25.9. The number of rotatable bonds is 2. The van der Waals surface area contributed by atoms with Gasteiger partial charge in [-0.3, -0.25) is 14.5 Å². The van der Waals surface area contributed by atoms with Gasteiger partial charge in [-0.05, 0) is 24.3 Å². The Labute approximate surface area is 137 Å². The van der Waals surface area contributed by atoms with Crippen molar-refractivity contribution in [2.24, 2.45) is 5.73 Å². The van der Waals surface area contributed by atoms with E-state index < -0.39 is 12.0 Å². The van der Waals surface area contributed by atoms with Gasteiger partial charge in [0, 0.05) is 5.39 Å². The molecule has 1 aliphatic rings. The number of amides is 2. The van der Waals surface area contributed by atoms with E-state index in [9.17, 15) is 9.59 Å². The van der Waals surface area contributed by atoms with Crippen molar-refractivity contribution in [2.45, 2.75) is 6.10 Å². The molecule has 0 saturated heterocycles. The van der Waals surface area contributed by atoms with Crippen molar-refractivity contribution in [3.63, 3.8) is 0 Å². The summed E-state index contributed by atoms with van der Waals surface area (Å²) in [6.45, 7) is 0.0439. The number of primary amides is 1. The summed E-state index contributed by atoms with van der Waals surface area (Å²) in [6, 6.07) is 16.1. The smallest absolute Gasteiger partial charge is 0.294 e. The van der Waals surface area contributed by atoms with Crippen LogP contribution in [-0.2, 0) is 4.79 Å². The van der Waals surface area contributed by atoms with E-state index >= 15 is 0 Å². The lowest BCUT2D eigenvalue weighted by Gasteiger charge is -2.32. The summed E-state index contributed by atoms with van der Waals surface area (Å²) in [5.74, 6) is -0.312. The van der Waals surface area contributed by atoms with Crippen LogP contribution in [0.2, 0.25) is 0 Å². The molecule has 0 spiro atoms. The normalized spacial score (nSPS) is 16.5. The van der Waals surface area contributed by atoms with E-state index in [0.29, 0.717) is 17.0 Å². The molecule has 0 bridgehead atoms. The van der Waals surface area contributed by atoms with Crippen molar-refractivity contribution in [3.05, 3.63) is 60.4 Å². The molecule has 6 nitrogen and oxygen atoms in total. The van der Waals surface area contributed by atoms with Crippen LogP contribution < -0.4 is 15.4 Å². The highest BCUT2D eigenvalue weighted by molar-refractivity contribution is 6.08. The first-order valence-corrected chi connectivity index (χ1v) is 7.49. The minimum Gasteiger partial charge on any atom is -0.477 e. The Kier molecular flexibility index (Phi) is 3.23. The van der Waals surface area contributed by atoms with Gasteiger partial charge in [0.15, 0.2) is 11.9 Å². The maximum Gasteiger partial charge on any atom is 0.294 e. The van der Waals surface area contributed by atoms with Crippen molar-refractivity contribution in [1.82, 2.24) is 0 Å². The lowest BCUT2D eigenvalue weighted by atomic mass is 10.1. The van der Waals surface area contributed by atoms with Crippen molar-refractivity contribution >= 4 is 28.5 Å². The third-order valence-electron chi connectivity index (χ3n) is 3.97. The molecular weight excluding hydrogens is 308 g/mol. The first-order valence-electron chi connectivity index (χ1n) is 7.49. The van der Waals surface area contributed by atoms with E-state index in [1.54, 1.807) is 36.4 Å². The fraction of sp³-hybridized carbons (Fsp3) is 0.111. The fourth-order valence-corrected chi connectivity index (χ4v) is 2.80. The Morgan fingerprint density at radius 2 is 1.83 bits per heavy atom. The molecule has 2 aromatic carbocycles. The maximum atomic E-state index is 12.9. The average Bonchev–Trinajstić information content (AvgIpc) is 3.04. The van der Waals surface area contributed by atoms with Gasteiger partial charge in [-0.1, -0.05) is 30.3 Å². The molecule has 2 amide bonds. The number of fused-ring (bicyclic) bond motifs is 2. The molecule has 0 fully saturated rings. The summed E-state index contributed by atoms with van der Waals surface area (Å²) in [7, 11) is 0. The molecule has 2 N–H and O–H groups in total. The topological polar surface area (TPSA) is 85.8 Å². The van der Waals surface area contributed by atoms with E-state index in [2.05, 4.69) is 0 Å². The Balaban J connectivity index is 1.76. The number of ether oxygens (including phenoxy) is 1. The van der Waals surface area contributed by atoms with Crippen LogP contribution in [0.1, 0.15) is 10.6 Å². The Morgan fingerprint density at radius 1 is 1.08 bits per heavy atom. The molecule has 0 saturated carbocycles. The molecule has 0 aliphatic carbocycles. The van der Waals surface area contributed by atoms with Gasteiger partial charge in [0.2, 0.25) is 0 Å². The Morgan fingerprint density at radius 3 is 2.62 bits per heavy atom. The second-order valence-corrected chi connectivity index (χ2v) is 5.54. The van der Waals surface area contributed by atoms with Gasteiger partial charge in [0.1, 0.15) is 11.3 Å². The molecule has 0 radical (unpaired) electrons. The highest BCUT2D eigenvalue weighted by Gasteiger charge is 2.34. The maximum absolute atomic E-state index is 12.9. The molecular formula is C18H14N2O4. The van der Waals surface area contributed by atoms with Crippen LogP contribution in [0.4, 0.5) is 5.69 Å². The van der Waals surface area contributed by atoms with Crippen molar-refractivity contribution in [1.29, 1.82) is 0 Å². The van der Waals surface area contributed by atoms with Crippen LogP contribution in [0.25, 0.3) is 11.0 Å². The molecule has 6 heteroatoms. The van der Waals surface area contributed by atoms with E-state index in [0.717, 1.165) is 5.39 Å². The number of hydrogen-bond acceptors (Lipinski definition) is 4. The van der Waals surface area contributed by atoms with Gasteiger partial charge in [-0.25, -0.2) is 0 Å². The standard InChI is InChI=1S/C18H14N2O4/c19-17(21)16-10-20(12-6-2-4-8-14(12)24-16)18(22)15-9-11-5-1-3-7-13(11)23-15/h1-9,16H,10H2,(H2,19,21)/t16-/m1/s1. The highest BCUT2D eigenvalue weighted by Crippen LogP contribution is 2.34. The Bertz CT molecular complexity index is 914. The number of nitrogens with zero attached hydrogens (tertiary/aromatic N) is 1. The lowest BCUT2D eigenvalue weighted by Crippen LogP contribution is -2.49. The van der Waals surface area contributed by atoms with Crippen LogP contribution >= 0.6 is 0 Å². The molecule has 1 aromatic heterocycles. The fourth-order valence-electron chi connectivity index (χ4n) is 2.80. The highest BCUT2D eigenvalue weighted by atomic mass is 16.5. The van der Waals surface area contributed by atoms with E-state index in [1.807, 2.05) is 18.2 Å². The van der Waals surface area contributed by atoms with Gasteiger partial charge in [0.25, 0.3) is 11.8 Å². The first kappa shape index (κ1) is 14.3. The monoisotopic (exact) mass is 322 g/mol. The van der Waals surface area contributed by atoms with E-state index in [4.69, 9.17) is 14.9 Å². The minimum absolute atomic E-state index is 0.0439.